The normalized spacial score (nSPS) is 12.5. The molecule has 0 aliphatic heterocycles. The lowest BCUT2D eigenvalue weighted by Crippen LogP contribution is -2.30. The van der Waals surface area contributed by atoms with Crippen LogP contribution in [0.3, 0.4) is 0 Å². The maximum absolute atomic E-state index is 11.9. The number of carboxylic acid groups (broad SMARTS) is 1. The SMILES string of the molecule is CC(NC(=O)CSCC(=O)O)c1nc2ccccc2n1C(C)C. The van der Waals surface area contributed by atoms with Crippen LogP contribution in [0.25, 0.3) is 11.0 Å². The molecule has 124 valence electrons. The molecule has 1 amide bonds. The summed E-state index contributed by atoms with van der Waals surface area (Å²) in [5.74, 6) is -0.258. The molecule has 0 aliphatic rings. The summed E-state index contributed by atoms with van der Waals surface area (Å²) in [6, 6.07) is 7.85. The summed E-state index contributed by atoms with van der Waals surface area (Å²) in [6.07, 6.45) is 0. The molecular formula is C16H21N3O3S. The molecule has 0 radical (unpaired) electrons. The molecule has 1 atom stereocenters. The van der Waals surface area contributed by atoms with E-state index in [0.29, 0.717) is 0 Å². The topological polar surface area (TPSA) is 84.2 Å². The van der Waals surface area contributed by atoms with Crippen LogP contribution < -0.4 is 5.32 Å². The second kappa shape index (κ2) is 7.50. The molecule has 0 spiro atoms. The van der Waals surface area contributed by atoms with Gasteiger partial charge >= 0.3 is 5.97 Å². The van der Waals surface area contributed by atoms with E-state index in [9.17, 15) is 9.59 Å². The number of amides is 1. The number of hydrogen-bond donors (Lipinski definition) is 2. The van der Waals surface area contributed by atoms with Gasteiger partial charge in [0.1, 0.15) is 5.82 Å². The van der Waals surface area contributed by atoms with Gasteiger partial charge in [-0.25, -0.2) is 4.98 Å². The van der Waals surface area contributed by atoms with Gasteiger partial charge in [0.2, 0.25) is 5.91 Å². The number of carbonyl (C=O) groups excluding carboxylic acids is 1. The first-order chi connectivity index (χ1) is 10.9. The quantitative estimate of drug-likeness (QED) is 0.812. The average molecular weight is 335 g/mol. The Kier molecular flexibility index (Phi) is 5.65. The summed E-state index contributed by atoms with van der Waals surface area (Å²) in [7, 11) is 0. The van der Waals surface area contributed by atoms with E-state index in [1.807, 2.05) is 31.2 Å². The van der Waals surface area contributed by atoms with E-state index >= 15 is 0 Å². The molecule has 0 saturated carbocycles. The number of thioether (sulfide) groups is 1. The third-order valence-corrected chi connectivity index (χ3v) is 4.28. The van der Waals surface area contributed by atoms with Crippen molar-refractivity contribution in [3.8, 4) is 0 Å². The smallest absolute Gasteiger partial charge is 0.313 e. The zero-order valence-electron chi connectivity index (χ0n) is 13.4. The number of nitrogens with one attached hydrogen (secondary N) is 1. The Balaban J connectivity index is 2.14. The van der Waals surface area contributed by atoms with Crippen LogP contribution in [-0.2, 0) is 9.59 Å². The Labute approximate surface area is 139 Å². The highest BCUT2D eigenvalue weighted by Crippen LogP contribution is 2.24. The monoisotopic (exact) mass is 335 g/mol. The van der Waals surface area contributed by atoms with Crippen molar-refractivity contribution in [3.63, 3.8) is 0 Å². The Morgan fingerprint density at radius 2 is 1.96 bits per heavy atom. The number of aromatic nitrogens is 2. The number of carboxylic acids is 1. The first-order valence-corrected chi connectivity index (χ1v) is 8.61. The number of carbonyl (C=O) groups is 2. The molecule has 1 aromatic heterocycles. The first kappa shape index (κ1) is 17.3. The van der Waals surface area contributed by atoms with Gasteiger partial charge in [0.25, 0.3) is 0 Å². The number of benzene rings is 1. The summed E-state index contributed by atoms with van der Waals surface area (Å²) < 4.78 is 2.12. The summed E-state index contributed by atoms with van der Waals surface area (Å²) in [4.78, 5) is 27.1. The van der Waals surface area contributed by atoms with E-state index in [0.717, 1.165) is 28.6 Å². The van der Waals surface area contributed by atoms with Crippen LogP contribution in [-0.4, -0.2) is 38.0 Å². The zero-order valence-corrected chi connectivity index (χ0v) is 14.3. The number of nitrogens with zero attached hydrogens (tertiary/aromatic N) is 2. The van der Waals surface area contributed by atoms with Crippen LogP contribution in [0, 0.1) is 0 Å². The predicted octanol–water partition coefficient (Wildman–Crippen LogP) is 2.61. The molecule has 1 aromatic carbocycles. The third kappa shape index (κ3) is 4.25. The molecule has 0 fully saturated rings. The van der Waals surface area contributed by atoms with E-state index in [2.05, 4.69) is 28.7 Å². The summed E-state index contributed by atoms with van der Waals surface area (Å²) in [6.45, 7) is 6.05. The highest BCUT2D eigenvalue weighted by Gasteiger charge is 2.19. The van der Waals surface area contributed by atoms with Gasteiger partial charge in [-0.3, -0.25) is 9.59 Å². The number of para-hydroxylation sites is 2. The van der Waals surface area contributed by atoms with Gasteiger partial charge < -0.3 is 15.0 Å². The number of hydrogen-bond acceptors (Lipinski definition) is 4. The number of imidazole rings is 1. The second-order valence-electron chi connectivity index (χ2n) is 5.60. The maximum atomic E-state index is 11.9. The average Bonchev–Trinajstić information content (AvgIpc) is 2.86. The van der Waals surface area contributed by atoms with Gasteiger partial charge in [-0.1, -0.05) is 12.1 Å². The molecular weight excluding hydrogens is 314 g/mol. The van der Waals surface area contributed by atoms with E-state index < -0.39 is 5.97 Å². The molecule has 2 aromatic rings. The molecule has 1 unspecified atom stereocenters. The first-order valence-electron chi connectivity index (χ1n) is 7.46. The zero-order chi connectivity index (χ0) is 17.0. The van der Waals surface area contributed by atoms with Crippen LogP contribution in [0.4, 0.5) is 0 Å². The lowest BCUT2D eigenvalue weighted by atomic mass is 10.2. The lowest BCUT2D eigenvalue weighted by Gasteiger charge is -2.18. The van der Waals surface area contributed by atoms with Crippen molar-refractivity contribution in [1.29, 1.82) is 0 Å². The fourth-order valence-corrected chi connectivity index (χ4v) is 3.04. The van der Waals surface area contributed by atoms with E-state index in [4.69, 9.17) is 5.11 Å². The minimum atomic E-state index is -0.919. The highest BCUT2D eigenvalue weighted by molar-refractivity contribution is 8.00. The van der Waals surface area contributed by atoms with Gasteiger partial charge in [0.05, 0.1) is 28.6 Å². The Bertz CT molecular complexity index is 712. The van der Waals surface area contributed by atoms with Crippen molar-refractivity contribution >= 4 is 34.7 Å². The van der Waals surface area contributed by atoms with E-state index in [1.165, 1.54) is 0 Å². The van der Waals surface area contributed by atoms with E-state index in [1.54, 1.807) is 0 Å². The van der Waals surface area contributed by atoms with Crippen molar-refractivity contribution < 1.29 is 14.7 Å². The lowest BCUT2D eigenvalue weighted by molar-refractivity contribution is -0.133. The second-order valence-corrected chi connectivity index (χ2v) is 6.58. The minimum absolute atomic E-state index is 0.0771. The maximum Gasteiger partial charge on any atom is 0.313 e. The summed E-state index contributed by atoms with van der Waals surface area (Å²) >= 11 is 1.08. The Morgan fingerprint density at radius 1 is 1.26 bits per heavy atom. The van der Waals surface area contributed by atoms with Crippen molar-refractivity contribution in [2.24, 2.45) is 0 Å². The number of aliphatic carboxylic acids is 1. The molecule has 1 heterocycles. The van der Waals surface area contributed by atoms with Crippen LogP contribution in [0.1, 0.15) is 38.7 Å². The van der Waals surface area contributed by atoms with E-state index in [-0.39, 0.29) is 29.5 Å². The van der Waals surface area contributed by atoms with Crippen LogP contribution in [0.2, 0.25) is 0 Å². The minimum Gasteiger partial charge on any atom is -0.481 e. The molecule has 0 bridgehead atoms. The van der Waals surface area contributed by atoms with Crippen molar-refractivity contribution in [1.82, 2.24) is 14.9 Å². The van der Waals surface area contributed by atoms with Crippen LogP contribution in [0.15, 0.2) is 24.3 Å². The Morgan fingerprint density at radius 3 is 2.61 bits per heavy atom. The fourth-order valence-electron chi connectivity index (χ4n) is 2.49. The number of rotatable bonds is 7. The van der Waals surface area contributed by atoms with Crippen LogP contribution >= 0.6 is 11.8 Å². The number of fused-ring (bicyclic) bond motifs is 1. The molecule has 0 aliphatic carbocycles. The molecule has 2 N–H and O–H groups in total. The van der Waals surface area contributed by atoms with Gasteiger partial charge in [0.15, 0.2) is 0 Å². The molecule has 2 rings (SSSR count). The van der Waals surface area contributed by atoms with Gasteiger partial charge in [-0.2, -0.15) is 0 Å². The van der Waals surface area contributed by atoms with Crippen LogP contribution in [0.5, 0.6) is 0 Å². The molecule has 7 heteroatoms. The summed E-state index contributed by atoms with van der Waals surface area (Å²) in [5.41, 5.74) is 1.94. The van der Waals surface area contributed by atoms with Crippen molar-refractivity contribution in [2.75, 3.05) is 11.5 Å². The fraction of sp³-hybridized carbons (Fsp3) is 0.438. The molecule has 0 saturated heterocycles. The van der Waals surface area contributed by atoms with Gasteiger partial charge in [-0.15, -0.1) is 11.8 Å². The predicted molar refractivity (Wildman–Crippen MR) is 91.6 cm³/mol. The standard InChI is InChI=1S/C16H21N3O3S/c1-10(2)19-13-7-5-4-6-12(13)18-16(19)11(3)17-14(20)8-23-9-15(21)22/h4-7,10-11H,8-9H2,1-3H3,(H,17,20)(H,21,22). The van der Waals surface area contributed by atoms with Crippen molar-refractivity contribution in [3.05, 3.63) is 30.1 Å². The van der Waals surface area contributed by atoms with Gasteiger partial charge in [0, 0.05) is 6.04 Å². The highest BCUT2D eigenvalue weighted by atomic mass is 32.2. The molecule has 23 heavy (non-hydrogen) atoms. The Hall–Kier alpha value is -2.02. The molecule has 6 nitrogen and oxygen atoms in total. The summed E-state index contributed by atoms with van der Waals surface area (Å²) in [5, 5.41) is 11.5. The largest absolute Gasteiger partial charge is 0.481 e. The third-order valence-electron chi connectivity index (χ3n) is 3.36. The van der Waals surface area contributed by atoms with Crippen molar-refractivity contribution in [2.45, 2.75) is 32.9 Å². The van der Waals surface area contributed by atoms with Gasteiger partial charge in [-0.05, 0) is 32.9 Å².